The standard InChI is InChI=1S/C12H26O5Si2/c1-8-15-12(14)10(16-18(2,3)4)9-11(13)17-19(5,6)7/h10H,8-9H2,1-7H3. The molecule has 1 unspecified atom stereocenters. The molecule has 7 heteroatoms. The molecule has 0 amide bonds. The summed E-state index contributed by atoms with van der Waals surface area (Å²) in [4.78, 5) is 23.6. The summed E-state index contributed by atoms with van der Waals surface area (Å²) in [5.41, 5.74) is 0. The highest BCUT2D eigenvalue weighted by Gasteiger charge is 2.31. The quantitative estimate of drug-likeness (QED) is 0.534. The molecule has 0 heterocycles. The van der Waals surface area contributed by atoms with Gasteiger partial charge in [-0.1, -0.05) is 0 Å². The maximum absolute atomic E-state index is 11.8. The maximum Gasteiger partial charge on any atom is 0.334 e. The van der Waals surface area contributed by atoms with E-state index in [1.165, 1.54) is 0 Å². The summed E-state index contributed by atoms with van der Waals surface area (Å²) < 4.78 is 16.0. The molecule has 0 radical (unpaired) electrons. The van der Waals surface area contributed by atoms with E-state index in [0.717, 1.165) is 0 Å². The highest BCUT2D eigenvalue weighted by atomic mass is 28.4. The molecule has 0 spiro atoms. The lowest BCUT2D eigenvalue weighted by molar-refractivity contribution is -0.156. The minimum Gasteiger partial charge on any atom is -0.520 e. The van der Waals surface area contributed by atoms with E-state index in [1.807, 2.05) is 39.3 Å². The Kier molecular flexibility index (Phi) is 6.95. The lowest BCUT2D eigenvalue weighted by atomic mass is 10.2. The zero-order valence-electron chi connectivity index (χ0n) is 13.0. The number of rotatable bonds is 7. The summed E-state index contributed by atoms with van der Waals surface area (Å²) in [6, 6.07) is 0. The number of ether oxygens (including phenoxy) is 1. The fourth-order valence-electron chi connectivity index (χ4n) is 1.37. The summed E-state index contributed by atoms with van der Waals surface area (Å²) in [5.74, 6) is -0.882. The van der Waals surface area contributed by atoms with E-state index in [-0.39, 0.29) is 13.0 Å². The molecule has 0 saturated heterocycles. The Morgan fingerprint density at radius 2 is 1.53 bits per heavy atom. The molecule has 0 aromatic rings. The first-order valence-corrected chi connectivity index (χ1v) is 13.3. The Morgan fingerprint density at radius 3 is 1.89 bits per heavy atom. The van der Waals surface area contributed by atoms with Gasteiger partial charge in [-0.15, -0.1) is 0 Å². The van der Waals surface area contributed by atoms with Crippen LogP contribution in [0.5, 0.6) is 0 Å². The Labute approximate surface area is 117 Å². The Bertz CT molecular complexity index is 317. The van der Waals surface area contributed by atoms with Gasteiger partial charge in [-0.2, -0.15) is 0 Å². The van der Waals surface area contributed by atoms with Crippen LogP contribution in [-0.4, -0.2) is 41.3 Å². The van der Waals surface area contributed by atoms with Crippen LogP contribution in [0.2, 0.25) is 39.3 Å². The van der Waals surface area contributed by atoms with Crippen molar-refractivity contribution in [3.63, 3.8) is 0 Å². The fourth-order valence-corrected chi connectivity index (χ4v) is 3.17. The molecule has 0 saturated carbocycles. The molecule has 0 bridgehead atoms. The van der Waals surface area contributed by atoms with Gasteiger partial charge in [-0.05, 0) is 46.2 Å². The van der Waals surface area contributed by atoms with E-state index < -0.39 is 34.7 Å². The molecule has 19 heavy (non-hydrogen) atoms. The van der Waals surface area contributed by atoms with Gasteiger partial charge in [0.15, 0.2) is 14.4 Å². The number of hydrogen-bond acceptors (Lipinski definition) is 5. The van der Waals surface area contributed by atoms with Crippen molar-refractivity contribution in [2.24, 2.45) is 0 Å². The predicted molar refractivity (Wildman–Crippen MR) is 78.9 cm³/mol. The Balaban J connectivity index is 4.67. The van der Waals surface area contributed by atoms with Gasteiger partial charge in [-0.25, -0.2) is 4.79 Å². The normalized spacial score (nSPS) is 13.8. The number of carbonyl (C=O) groups excluding carboxylic acids is 2. The van der Waals surface area contributed by atoms with Crippen LogP contribution >= 0.6 is 0 Å². The van der Waals surface area contributed by atoms with E-state index in [2.05, 4.69) is 0 Å². The van der Waals surface area contributed by atoms with Crippen LogP contribution in [0.3, 0.4) is 0 Å². The van der Waals surface area contributed by atoms with Crippen molar-refractivity contribution < 1.29 is 23.2 Å². The largest absolute Gasteiger partial charge is 0.520 e. The second-order valence-corrected chi connectivity index (χ2v) is 15.2. The third kappa shape index (κ3) is 9.86. The summed E-state index contributed by atoms with van der Waals surface area (Å²) in [7, 11) is -3.88. The van der Waals surface area contributed by atoms with Gasteiger partial charge >= 0.3 is 5.97 Å². The van der Waals surface area contributed by atoms with Crippen molar-refractivity contribution in [1.29, 1.82) is 0 Å². The maximum atomic E-state index is 11.8. The molecule has 0 aromatic carbocycles. The number of hydrogen-bond donors (Lipinski definition) is 0. The zero-order valence-corrected chi connectivity index (χ0v) is 15.0. The SMILES string of the molecule is CCOC(=O)C(CC(=O)O[Si](C)(C)C)O[Si](C)(C)C. The molecule has 0 aliphatic carbocycles. The highest BCUT2D eigenvalue weighted by molar-refractivity contribution is 6.71. The van der Waals surface area contributed by atoms with E-state index in [4.69, 9.17) is 13.6 Å². The van der Waals surface area contributed by atoms with Crippen molar-refractivity contribution in [3.05, 3.63) is 0 Å². The van der Waals surface area contributed by atoms with Gasteiger partial charge in [0.25, 0.3) is 5.97 Å². The number of esters is 1. The minimum atomic E-state index is -1.94. The van der Waals surface area contributed by atoms with Crippen LogP contribution in [-0.2, 0) is 23.2 Å². The third-order valence-electron chi connectivity index (χ3n) is 1.82. The monoisotopic (exact) mass is 306 g/mol. The smallest absolute Gasteiger partial charge is 0.334 e. The first-order valence-electron chi connectivity index (χ1n) is 6.51. The van der Waals surface area contributed by atoms with Gasteiger partial charge in [0.2, 0.25) is 8.32 Å². The first-order chi connectivity index (χ1) is 8.44. The Hall–Kier alpha value is -0.666. The van der Waals surface area contributed by atoms with Gasteiger partial charge in [0, 0.05) is 0 Å². The molecule has 0 N–H and O–H groups in total. The summed E-state index contributed by atoms with van der Waals surface area (Å²) in [6.45, 7) is 13.6. The molecule has 0 rings (SSSR count). The van der Waals surface area contributed by atoms with Crippen LogP contribution < -0.4 is 0 Å². The predicted octanol–water partition coefficient (Wildman–Crippen LogP) is 2.54. The van der Waals surface area contributed by atoms with Crippen molar-refractivity contribution in [1.82, 2.24) is 0 Å². The van der Waals surface area contributed by atoms with Gasteiger partial charge in [0.1, 0.15) is 0 Å². The Morgan fingerprint density at radius 1 is 1.00 bits per heavy atom. The molecular formula is C12H26O5Si2. The summed E-state index contributed by atoms with van der Waals surface area (Å²) in [5, 5.41) is 0. The van der Waals surface area contributed by atoms with Crippen LogP contribution in [0, 0.1) is 0 Å². The van der Waals surface area contributed by atoms with E-state index >= 15 is 0 Å². The van der Waals surface area contributed by atoms with Crippen LogP contribution in [0.1, 0.15) is 13.3 Å². The fraction of sp³-hybridized carbons (Fsp3) is 0.833. The van der Waals surface area contributed by atoms with Crippen molar-refractivity contribution >= 4 is 28.6 Å². The van der Waals surface area contributed by atoms with Gasteiger partial charge < -0.3 is 13.6 Å². The van der Waals surface area contributed by atoms with E-state index in [9.17, 15) is 9.59 Å². The van der Waals surface area contributed by atoms with Crippen molar-refractivity contribution in [2.75, 3.05) is 6.61 Å². The molecule has 112 valence electrons. The minimum absolute atomic E-state index is 0.0760. The average Bonchev–Trinajstić information content (AvgIpc) is 2.11. The second-order valence-electron chi connectivity index (χ2n) is 6.26. The molecule has 0 aliphatic rings. The summed E-state index contributed by atoms with van der Waals surface area (Å²) in [6.07, 6.45) is -0.927. The van der Waals surface area contributed by atoms with Crippen molar-refractivity contribution in [2.45, 2.75) is 58.7 Å². The molecule has 1 atom stereocenters. The second kappa shape index (κ2) is 7.21. The molecule has 0 aliphatic heterocycles. The lowest BCUT2D eigenvalue weighted by Crippen LogP contribution is -2.40. The molecular weight excluding hydrogens is 280 g/mol. The lowest BCUT2D eigenvalue weighted by Gasteiger charge is -2.25. The van der Waals surface area contributed by atoms with Crippen LogP contribution in [0.15, 0.2) is 0 Å². The van der Waals surface area contributed by atoms with E-state index in [0.29, 0.717) is 0 Å². The average molecular weight is 307 g/mol. The molecule has 0 aromatic heterocycles. The zero-order chi connectivity index (χ0) is 15.3. The molecule has 5 nitrogen and oxygen atoms in total. The number of carbonyl (C=O) groups is 2. The van der Waals surface area contributed by atoms with Crippen LogP contribution in [0.25, 0.3) is 0 Å². The molecule has 0 fully saturated rings. The third-order valence-corrected chi connectivity index (χ3v) is 3.65. The van der Waals surface area contributed by atoms with Crippen molar-refractivity contribution in [3.8, 4) is 0 Å². The van der Waals surface area contributed by atoms with Crippen LogP contribution in [0.4, 0.5) is 0 Å². The first kappa shape index (κ1) is 18.3. The van der Waals surface area contributed by atoms with Gasteiger partial charge in [0.05, 0.1) is 13.0 Å². The van der Waals surface area contributed by atoms with Gasteiger partial charge in [-0.3, -0.25) is 4.79 Å². The van der Waals surface area contributed by atoms with E-state index in [1.54, 1.807) is 6.92 Å². The topological polar surface area (TPSA) is 61.8 Å². The highest BCUT2D eigenvalue weighted by Crippen LogP contribution is 2.14. The summed E-state index contributed by atoms with van der Waals surface area (Å²) >= 11 is 0.